The number of hydrazone groups is 1. The van der Waals surface area contributed by atoms with Gasteiger partial charge >= 0.3 is 0 Å². The van der Waals surface area contributed by atoms with Crippen molar-refractivity contribution in [3.8, 4) is 0 Å². The summed E-state index contributed by atoms with van der Waals surface area (Å²) in [6.45, 7) is 0.561. The van der Waals surface area contributed by atoms with Gasteiger partial charge in [-0.05, 0) is 11.6 Å². The predicted octanol–water partition coefficient (Wildman–Crippen LogP) is 0.412. The van der Waals surface area contributed by atoms with Gasteiger partial charge in [0.05, 0.1) is 6.61 Å². The van der Waals surface area contributed by atoms with E-state index >= 15 is 0 Å². The average molecular weight is 179 g/mol. The van der Waals surface area contributed by atoms with Gasteiger partial charge in [0.1, 0.15) is 5.84 Å². The molecule has 0 aliphatic rings. The summed E-state index contributed by atoms with van der Waals surface area (Å²) in [4.78, 5) is 0. The second kappa shape index (κ2) is 4.47. The lowest BCUT2D eigenvalue weighted by Gasteiger charge is -2.02. The zero-order valence-corrected chi connectivity index (χ0v) is 7.53. The highest BCUT2D eigenvalue weighted by Crippen LogP contribution is 2.05. The van der Waals surface area contributed by atoms with Crippen molar-refractivity contribution in [1.82, 2.24) is 0 Å². The minimum absolute atomic E-state index is 0.331. The molecule has 1 aromatic rings. The van der Waals surface area contributed by atoms with Gasteiger partial charge in [0, 0.05) is 12.7 Å². The first-order chi connectivity index (χ1) is 6.27. The van der Waals surface area contributed by atoms with Gasteiger partial charge in [0.25, 0.3) is 0 Å². The van der Waals surface area contributed by atoms with Gasteiger partial charge in [-0.1, -0.05) is 18.2 Å². The van der Waals surface area contributed by atoms with E-state index in [0.29, 0.717) is 12.4 Å². The molecular weight excluding hydrogens is 166 g/mol. The number of hydrogen-bond acceptors (Lipinski definition) is 3. The Labute approximate surface area is 77.2 Å². The van der Waals surface area contributed by atoms with E-state index in [1.807, 2.05) is 24.3 Å². The minimum Gasteiger partial charge on any atom is -0.382 e. The summed E-state index contributed by atoms with van der Waals surface area (Å²) >= 11 is 0. The fourth-order valence-electron chi connectivity index (χ4n) is 1.06. The van der Waals surface area contributed by atoms with Crippen molar-refractivity contribution < 1.29 is 4.74 Å². The summed E-state index contributed by atoms with van der Waals surface area (Å²) in [5.41, 5.74) is 7.41. The van der Waals surface area contributed by atoms with Crippen molar-refractivity contribution in [3.05, 3.63) is 35.4 Å². The Morgan fingerprint density at radius 2 is 2.31 bits per heavy atom. The molecule has 0 amide bonds. The third-order valence-electron chi connectivity index (χ3n) is 1.67. The van der Waals surface area contributed by atoms with Gasteiger partial charge in [-0.25, -0.2) is 0 Å². The molecule has 0 aliphatic heterocycles. The molecule has 0 spiro atoms. The van der Waals surface area contributed by atoms with Crippen LogP contribution < -0.4 is 11.6 Å². The molecular formula is C9H13N3O. The second-order valence-electron chi connectivity index (χ2n) is 2.65. The molecule has 0 atom stereocenters. The molecule has 0 saturated carbocycles. The van der Waals surface area contributed by atoms with Crippen LogP contribution in [0.2, 0.25) is 0 Å². The molecule has 0 bridgehead atoms. The van der Waals surface area contributed by atoms with Crippen LogP contribution in [0, 0.1) is 0 Å². The van der Waals surface area contributed by atoms with Crippen LogP contribution in [0.1, 0.15) is 11.1 Å². The standard InChI is InChI=1S/C9H13N3O/c1-13-6-7-3-2-4-8(5-7)9(10)12-11/h2-5H,6,11H2,1H3,(H2,10,12). The molecule has 0 aromatic heterocycles. The van der Waals surface area contributed by atoms with Gasteiger partial charge in [-0.15, -0.1) is 0 Å². The molecule has 0 heterocycles. The van der Waals surface area contributed by atoms with Crippen LogP contribution >= 0.6 is 0 Å². The Balaban J connectivity index is 2.91. The normalized spacial score (nSPS) is 11.6. The van der Waals surface area contributed by atoms with Gasteiger partial charge in [-0.2, -0.15) is 5.10 Å². The monoisotopic (exact) mass is 179 g/mol. The topological polar surface area (TPSA) is 73.6 Å². The van der Waals surface area contributed by atoms with Crippen molar-refractivity contribution in [1.29, 1.82) is 0 Å². The van der Waals surface area contributed by atoms with E-state index in [-0.39, 0.29) is 0 Å². The molecule has 1 rings (SSSR count). The van der Waals surface area contributed by atoms with Crippen LogP contribution in [0.4, 0.5) is 0 Å². The first-order valence-corrected chi connectivity index (χ1v) is 3.89. The van der Waals surface area contributed by atoms with E-state index < -0.39 is 0 Å². The highest BCUT2D eigenvalue weighted by Gasteiger charge is 1.98. The molecule has 0 radical (unpaired) electrons. The van der Waals surface area contributed by atoms with Gasteiger partial charge in [0.2, 0.25) is 0 Å². The maximum absolute atomic E-state index is 5.54. The largest absolute Gasteiger partial charge is 0.382 e. The molecule has 0 aliphatic carbocycles. The van der Waals surface area contributed by atoms with Crippen molar-refractivity contribution in [3.63, 3.8) is 0 Å². The summed E-state index contributed by atoms with van der Waals surface area (Å²) in [6, 6.07) is 7.60. The molecule has 4 nitrogen and oxygen atoms in total. The van der Waals surface area contributed by atoms with Gasteiger partial charge in [0.15, 0.2) is 0 Å². The number of hydrogen-bond donors (Lipinski definition) is 2. The van der Waals surface area contributed by atoms with Gasteiger partial charge < -0.3 is 16.3 Å². The first kappa shape index (κ1) is 9.54. The fraction of sp³-hybridized carbons (Fsp3) is 0.222. The van der Waals surface area contributed by atoms with Gasteiger partial charge in [-0.3, -0.25) is 0 Å². The fourth-order valence-corrected chi connectivity index (χ4v) is 1.06. The van der Waals surface area contributed by atoms with Crippen LogP contribution in [0.5, 0.6) is 0 Å². The van der Waals surface area contributed by atoms with E-state index in [1.165, 1.54) is 0 Å². The van der Waals surface area contributed by atoms with Crippen molar-refractivity contribution >= 4 is 5.84 Å². The first-order valence-electron chi connectivity index (χ1n) is 3.89. The Morgan fingerprint density at radius 3 is 2.92 bits per heavy atom. The number of nitrogens with two attached hydrogens (primary N) is 2. The maximum Gasteiger partial charge on any atom is 0.150 e. The molecule has 0 unspecified atom stereocenters. The molecule has 13 heavy (non-hydrogen) atoms. The summed E-state index contributed by atoms with van der Waals surface area (Å²) in [6.07, 6.45) is 0. The second-order valence-corrected chi connectivity index (χ2v) is 2.65. The minimum atomic E-state index is 0.331. The van der Waals surface area contributed by atoms with Crippen LogP contribution in [-0.4, -0.2) is 12.9 Å². The van der Waals surface area contributed by atoms with Crippen LogP contribution in [0.15, 0.2) is 29.4 Å². The third-order valence-corrected chi connectivity index (χ3v) is 1.67. The highest BCUT2D eigenvalue weighted by atomic mass is 16.5. The number of rotatable bonds is 3. The zero-order chi connectivity index (χ0) is 9.68. The van der Waals surface area contributed by atoms with E-state index in [1.54, 1.807) is 7.11 Å². The van der Waals surface area contributed by atoms with Crippen molar-refractivity contribution in [2.24, 2.45) is 16.7 Å². The van der Waals surface area contributed by atoms with E-state index in [9.17, 15) is 0 Å². The summed E-state index contributed by atoms with van der Waals surface area (Å²) in [5.74, 6) is 5.39. The molecule has 70 valence electrons. The highest BCUT2D eigenvalue weighted by molar-refractivity contribution is 5.97. The Morgan fingerprint density at radius 1 is 1.54 bits per heavy atom. The number of ether oxygens (including phenoxy) is 1. The molecule has 1 aromatic carbocycles. The summed E-state index contributed by atoms with van der Waals surface area (Å²) in [7, 11) is 1.65. The van der Waals surface area contributed by atoms with E-state index in [2.05, 4.69) is 5.10 Å². The zero-order valence-electron chi connectivity index (χ0n) is 7.53. The Kier molecular flexibility index (Phi) is 3.28. The number of methoxy groups -OCH3 is 1. The van der Waals surface area contributed by atoms with Crippen LogP contribution in [-0.2, 0) is 11.3 Å². The summed E-state index contributed by atoms with van der Waals surface area (Å²) in [5, 5.41) is 3.41. The lowest BCUT2D eigenvalue weighted by molar-refractivity contribution is 0.185. The molecule has 0 saturated heterocycles. The summed E-state index contributed by atoms with van der Waals surface area (Å²) < 4.78 is 4.98. The lowest BCUT2D eigenvalue weighted by atomic mass is 10.1. The lowest BCUT2D eigenvalue weighted by Crippen LogP contribution is -2.15. The SMILES string of the molecule is COCc1cccc(C(N)=NN)c1. The van der Waals surface area contributed by atoms with Crippen LogP contribution in [0.25, 0.3) is 0 Å². The quantitative estimate of drug-likeness (QED) is 0.305. The number of benzene rings is 1. The Bertz CT molecular complexity index is 309. The maximum atomic E-state index is 5.54. The van der Waals surface area contributed by atoms with E-state index in [0.717, 1.165) is 11.1 Å². The van der Waals surface area contributed by atoms with Crippen LogP contribution in [0.3, 0.4) is 0 Å². The smallest absolute Gasteiger partial charge is 0.150 e. The third kappa shape index (κ3) is 2.45. The molecule has 0 fully saturated rings. The number of amidine groups is 1. The van der Waals surface area contributed by atoms with Crippen molar-refractivity contribution in [2.45, 2.75) is 6.61 Å². The number of nitrogens with zero attached hydrogens (tertiary/aromatic N) is 1. The Hall–Kier alpha value is -1.55. The average Bonchev–Trinajstić information content (AvgIpc) is 2.18. The van der Waals surface area contributed by atoms with E-state index in [4.69, 9.17) is 16.3 Å². The predicted molar refractivity (Wildman–Crippen MR) is 52.1 cm³/mol. The molecule has 4 N–H and O–H groups in total. The molecule has 4 heteroatoms. The van der Waals surface area contributed by atoms with Crippen molar-refractivity contribution in [2.75, 3.05) is 7.11 Å².